The lowest BCUT2D eigenvalue weighted by atomic mass is 10.2. The van der Waals surface area contributed by atoms with E-state index in [0.717, 1.165) is 16.8 Å². The average Bonchev–Trinajstić information content (AvgIpc) is 3.42. The summed E-state index contributed by atoms with van der Waals surface area (Å²) >= 11 is 13.7. The molecule has 0 N–H and O–H groups in total. The monoisotopic (exact) mass is 477 g/mol. The van der Waals surface area contributed by atoms with E-state index in [1.165, 1.54) is 11.8 Å². The lowest BCUT2D eigenvalue weighted by Crippen LogP contribution is -2.27. The van der Waals surface area contributed by atoms with Gasteiger partial charge in [-0.2, -0.15) is 0 Å². The van der Waals surface area contributed by atoms with E-state index in [-0.39, 0.29) is 11.3 Å². The molecule has 0 saturated carbocycles. The molecule has 0 spiro atoms. The van der Waals surface area contributed by atoms with Crippen molar-refractivity contribution in [3.05, 3.63) is 117 Å². The maximum atomic E-state index is 13.4. The lowest BCUT2D eigenvalue weighted by molar-refractivity contribution is -0.114. The number of rotatable bonds is 4. The molecule has 1 aliphatic heterocycles. The van der Waals surface area contributed by atoms with Gasteiger partial charge in [-0.1, -0.05) is 83.5 Å². The Bertz CT molecular complexity index is 1300. The number of hydrogen-bond donors (Lipinski definition) is 0. The Hall–Kier alpha value is -2.92. The number of amides is 1. The summed E-state index contributed by atoms with van der Waals surface area (Å²) in [5.41, 5.74) is 2.75. The van der Waals surface area contributed by atoms with Gasteiger partial charge < -0.3 is 4.42 Å². The highest BCUT2D eigenvalue weighted by atomic mass is 35.5. The van der Waals surface area contributed by atoms with Gasteiger partial charge in [0.15, 0.2) is 0 Å². The molecule has 0 bridgehead atoms. The number of furan rings is 1. The SMILES string of the molecule is O=C1C(=Cc2ccc(-c3ccc(Cl)c(Cl)c3)o2)SC(c2ccccc2)N1c1ccccc1. The number of hydrogen-bond acceptors (Lipinski definition) is 3. The molecule has 6 heteroatoms. The normalized spacial score (nSPS) is 17.3. The number of halogens is 2. The molecule has 3 nitrogen and oxygen atoms in total. The molecule has 0 radical (unpaired) electrons. The van der Waals surface area contributed by atoms with Gasteiger partial charge in [0.25, 0.3) is 5.91 Å². The van der Waals surface area contributed by atoms with E-state index in [1.807, 2.05) is 83.8 Å². The van der Waals surface area contributed by atoms with Gasteiger partial charge in [0, 0.05) is 17.3 Å². The van der Waals surface area contributed by atoms with Crippen molar-refractivity contribution in [2.45, 2.75) is 5.37 Å². The Morgan fingerprint density at radius 3 is 2.28 bits per heavy atom. The lowest BCUT2D eigenvalue weighted by Gasteiger charge is -2.23. The third-order valence-electron chi connectivity index (χ3n) is 5.13. The molecule has 32 heavy (non-hydrogen) atoms. The molecule has 0 aliphatic carbocycles. The van der Waals surface area contributed by atoms with Crippen LogP contribution in [0.1, 0.15) is 16.7 Å². The van der Waals surface area contributed by atoms with Crippen LogP contribution in [0.15, 0.2) is 100 Å². The van der Waals surface area contributed by atoms with Crippen molar-refractivity contribution >= 4 is 52.6 Å². The molecule has 158 valence electrons. The molecule has 1 aromatic heterocycles. The number of nitrogens with zero attached hydrogens (tertiary/aromatic N) is 1. The van der Waals surface area contributed by atoms with Crippen LogP contribution in [0.2, 0.25) is 10.0 Å². The van der Waals surface area contributed by atoms with Crippen LogP contribution in [0, 0.1) is 0 Å². The van der Waals surface area contributed by atoms with E-state index in [2.05, 4.69) is 0 Å². The average molecular weight is 478 g/mol. The van der Waals surface area contributed by atoms with Crippen LogP contribution >= 0.6 is 35.0 Å². The van der Waals surface area contributed by atoms with E-state index in [9.17, 15) is 4.79 Å². The highest BCUT2D eigenvalue weighted by Gasteiger charge is 2.38. The van der Waals surface area contributed by atoms with Crippen LogP contribution in [0.5, 0.6) is 0 Å². The van der Waals surface area contributed by atoms with E-state index >= 15 is 0 Å². The molecule has 2 heterocycles. The number of anilines is 1. The van der Waals surface area contributed by atoms with Crippen molar-refractivity contribution in [1.82, 2.24) is 0 Å². The van der Waals surface area contributed by atoms with Crippen molar-refractivity contribution in [3.8, 4) is 11.3 Å². The molecule has 1 aliphatic rings. The number of thioether (sulfide) groups is 1. The first-order valence-electron chi connectivity index (χ1n) is 9.97. The van der Waals surface area contributed by atoms with Gasteiger partial charge in [-0.05, 0) is 48.0 Å². The summed E-state index contributed by atoms with van der Waals surface area (Å²) in [6.07, 6.45) is 1.80. The molecular formula is C26H17Cl2NO2S. The van der Waals surface area contributed by atoms with Gasteiger partial charge in [0.1, 0.15) is 16.9 Å². The first-order chi connectivity index (χ1) is 15.6. The highest BCUT2D eigenvalue weighted by Crippen LogP contribution is 2.48. The molecule has 5 rings (SSSR count). The van der Waals surface area contributed by atoms with Gasteiger partial charge in [-0.3, -0.25) is 9.69 Å². The van der Waals surface area contributed by atoms with Crippen LogP contribution in [-0.2, 0) is 4.79 Å². The minimum absolute atomic E-state index is 0.0532. The van der Waals surface area contributed by atoms with E-state index in [4.69, 9.17) is 27.6 Å². The predicted octanol–water partition coefficient (Wildman–Crippen LogP) is 8.07. The number of para-hydroxylation sites is 1. The Morgan fingerprint density at radius 2 is 1.56 bits per heavy atom. The first kappa shape index (κ1) is 21.0. The summed E-state index contributed by atoms with van der Waals surface area (Å²) in [5, 5.41) is 0.804. The minimum Gasteiger partial charge on any atom is -0.457 e. The van der Waals surface area contributed by atoms with Crippen LogP contribution in [0.4, 0.5) is 5.69 Å². The largest absolute Gasteiger partial charge is 0.457 e. The van der Waals surface area contributed by atoms with Gasteiger partial charge in [-0.15, -0.1) is 0 Å². The summed E-state index contributed by atoms with van der Waals surface area (Å²) in [4.78, 5) is 15.9. The second-order valence-electron chi connectivity index (χ2n) is 7.23. The zero-order chi connectivity index (χ0) is 22.1. The van der Waals surface area contributed by atoms with Crippen LogP contribution in [0.25, 0.3) is 17.4 Å². The first-order valence-corrected chi connectivity index (χ1v) is 11.6. The second-order valence-corrected chi connectivity index (χ2v) is 9.17. The summed E-state index contributed by atoms with van der Waals surface area (Å²) in [6, 6.07) is 28.8. The highest BCUT2D eigenvalue weighted by molar-refractivity contribution is 8.05. The fraction of sp³-hybridized carbons (Fsp3) is 0.0385. The van der Waals surface area contributed by atoms with Gasteiger partial charge in [0.05, 0.1) is 15.0 Å². The van der Waals surface area contributed by atoms with Crippen molar-refractivity contribution in [3.63, 3.8) is 0 Å². The van der Waals surface area contributed by atoms with Crippen molar-refractivity contribution in [2.24, 2.45) is 0 Å². The summed E-state index contributed by atoms with van der Waals surface area (Å²) in [6.45, 7) is 0. The summed E-state index contributed by atoms with van der Waals surface area (Å²) in [7, 11) is 0. The van der Waals surface area contributed by atoms with Crippen LogP contribution in [0.3, 0.4) is 0 Å². The zero-order valence-corrected chi connectivity index (χ0v) is 19.1. The fourth-order valence-corrected chi connectivity index (χ4v) is 5.12. The van der Waals surface area contributed by atoms with E-state index < -0.39 is 0 Å². The molecule has 1 saturated heterocycles. The quantitative estimate of drug-likeness (QED) is 0.278. The predicted molar refractivity (Wildman–Crippen MR) is 133 cm³/mol. The molecule has 1 fully saturated rings. The third-order valence-corrected chi connectivity index (χ3v) is 7.12. The van der Waals surface area contributed by atoms with Crippen molar-refractivity contribution in [2.75, 3.05) is 4.90 Å². The molecule has 3 aromatic carbocycles. The van der Waals surface area contributed by atoms with Gasteiger partial charge in [0.2, 0.25) is 0 Å². The fourth-order valence-electron chi connectivity index (χ4n) is 3.58. The molecule has 4 aromatic rings. The molecular weight excluding hydrogens is 461 g/mol. The Morgan fingerprint density at radius 1 is 0.844 bits per heavy atom. The third kappa shape index (κ3) is 4.09. The molecule has 1 amide bonds. The van der Waals surface area contributed by atoms with Crippen LogP contribution in [-0.4, -0.2) is 5.91 Å². The second kappa shape index (κ2) is 8.91. The Kier molecular flexibility index (Phi) is 5.83. The van der Waals surface area contributed by atoms with Crippen LogP contribution < -0.4 is 4.90 Å². The zero-order valence-electron chi connectivity index (χ0n) is 16.7. The summed E-state index contributed by atoms with van der Waals surface area (Å²) < 4.78 is 5.99. The van der Waals surface area contributed by atoms with Crippen molar-refractivity contribution in [1.29, 1.82) is 0 Å². The number of benzene rings is 3. The van der Waals surface area contributed by atoms with E-state index in [1.54, 1.807) is 18.2 Å². The standard InChI is InChI=1S/C26H17Cl2NO2S/c27-21-13-11-18(15-22(21)28)23-14-12-20(31-23)16-24-25(30)29(19-9-5-2-6-10-19)26(32-24)17-7-3-1-4-8-17/h1-16,26H. The maximum Gasteiger partial charge on any atom is 0.266 e. The number of carbonyl (C=O) groups is 1. The number of carbonyl (C=O) groups excluding carboxylic acids is 1. The van der Waals surface area contributed by atoms with Crippen molar-refractivity contribution < 1.29 is 9.21 Å². The maximum absolute atomic E-state index is 13.4. The molecule has 1 unspecified atom stereocenters. The molecule has 1 atom stereocenters. The minimum atomic E-state index is -0.151. The van der Waals surface area contributed by atoms with Gasteiger partial charge >= 0.3 is 0 Å². The Balaban J connectivity index is 1.49. The van der Waals surface area contributed by atoms with E-state index in [0.29, 0.717) is 26.5 Å². The smallest absolute Gasteiger partial charge is 0.266 e. The summed E-state index contributed by atoms with van der Waals surface area (Å²) in [5.74, 6) is 1.21. The topological polar surface area (TPSA) is 33.5 Å². The Labute approximate surface area is 200 Å². The van der Waals surface area contributed by atoms with Gasteiger partial charge in [-0.25, -0.2) is 0 Å².